The first-order valence-electron chi connectivity index (χ1n) is 14.5. The molecule has 1 saturated heterocycles. The lowest BCUT2D eigenvalue weighted by Gasteiger charge is -2.19. The number of carbonyl (C=O) groups is 1. The maximum Gasteiger partial charge on any atom is 0.469 e. The number of carbonyl (C=O) groups excluding carboxylic acids is 1. The van der Waals surface area contributed by atoms with Crippen LogP contribution >= 0.6 is 7.82 Å². The van der Waals surface area contributed by atoms with Crippen LogP contribution in [0.5, 0.6) is 5.75 Å². The summed E-state index contributed by atoms with van der Waals surface area (Å²) in [5, 5.41) is 15.7. The first kappa shape index (κ1) is 36.8. The van der Waals surface area contributed by atoms with Crippen LogP contribution in [0.4, 0.5) is 5.69 Å². The van der Waals surface area contributed by atoms with Crippen molar-refractivity contribution in [1.29, 1.82) is 0 Å². The summed E-state index contributed by atoms with van der Waals surface area (Å²) in [6.07, 6.45) is 3.07. The molecule has 19 heteroatoms. The Kier molecular flexibility index (Phi) is 14.3. The molecule has 0 unspecified atom stereocenters. The molecule has 46 heavy (non-hydrogen) atoms. The zero-order valence-electron chi connectivity index (χ0n) is 25.4. The fraction of sp³-hybridized carbons (Fsp3) is 0.556. The Morgan fingerprint density at radius 3 is 2.70 bits per heavy atom. The summed E-state index contributed by atoms with van der Waals surface area (Å²) in [5.74, 6) is -0.417. The van der Waals surface area contributed by atoms with Crippen molar-refractivity contribution in [2.45, 2.75) is 56.8 Å². The lowest BCUT2D eigenvalue weighted by molar-refractivity contribution is -0.766. The quantitative estimate of drug-likeness (QED) is 0.0231. The van der Waals surface area contributed by atoms with Gasteiger partial charge in [0.25, 0.3) is 17.8 Å². The molecule has 0 radical (unpaired) electrons. The molecule has 2 heterocycles. The van der Waals surface area contributed by atoms with Crippen LogP contribution in [0.3, 0.4) is 0 Å². The molecule has 0 bridgehead atoms. The Labute approximate surface area is 265 Å². The molecule has 1 aromatic heterocycles. The van der Waals surface area contributed by atoms with Gasteiger partial charge in [0, 0.05) is 11.0 Å². The average molecular weight is 668 g/mol. The first-order valence-corrected chi connectivity index (χ1v) is 16.1. The van der Waals surface area contributed by atoms with Crippen molar-refractivity contribution in [2.75, 3.05) is 39.9 Å². The number of nitrogens with two attached hydrogens (primary N) is 2. The van der Waals surface area contributed by atoms with Crippen LogP contribution in [-0.2, 0) is 25.2 Å². The highest BCUT2D eigenvalue weighted by molar-refractivity contribution is 7.46. The van der Waals surface area contributed by atoms with Gasteiger partial charge in [-0.3, -0.25) is 19.4 Å². The standard InChI is InChI=1S/C27H39N8O10P/c1-33(12-6-10-28)11-3-2-4-14-42-21-9-8-20(22(15-21)35(37)38)17-43-25-24(31-32-30)23(18-44-46(39,40)41)45-27(25)34-13-5-7-19(16-34)26(29)36/h5,7-9,13,15-16,23-25,27H,2-4,6,10-12,14,17-18,28H2,1H3,(H3-,29,36,39,40,41)/p+1/t23-,24-,25-,27-/m1/s1. The number of hydrogen-bond donors (Lipinski definition) is 4. The topological polar surface area (TPSA) is 263 Å². The molecular weight excluding hydrogens is 627 g/mol. The van der Waals surface area contributed by atoms with Crippen molar-refractivity contribution in [1.82, 2.24) is 4.90 Å². The maximum atomic E-state index is 12.0. The van der Waals surface area contributed by atoms with Crippen molar-refractivity contribution < 1.29 is 47.4 Å². The van der Waals surface area contributed by atoms with Gasteiger partial charge in [-0.1, -0.05) is 5.11 Å². The number of phosphoric acid groups is 1. The molecule has 1 aliphatic rings. The molecule has 252 valence electrons. The van der Waals surface area contributed by atoms with E-state index in [1.54, 1.807) is 6.07 Å². The van der Waals surface area contributed by atoms with E-state index in [0.29, 0.717) is 18.9 Å². The number of hydrogen-bond acceptors (Lipinski definition) is 11. The number of nitro benzene ring substituents is 1. The normalized spacial score (nSPS) is 19.6. The lowest BCUT2D eigenvalue weighted by Crippen LogP contribution is -2.47. The highest BCUT2D eigenvalue weighted by Crippen LogP contribution is 2.39. The van der Waals surface area contributed by atoms with Gasteiger partial charge in [0.05, 0.1) is 42.5 Å². The molecule has 4 atom stereocenters. The van der Waals surface area contributed by atoms with Crippen molar-refractivity contribution in [3.8, 4) is 5.75 Å². The van der Waals surface area contributed by atoms with Gasteiger partial charge < -0.3 is 40.4 Å². The minimum atomic E-state index is -4.92. The van der Waals surface area contributed by atoms with E-state index in [0.717, 1.165) is 38.8 Å². The third-order valence-electron chi connectivity index (χ3n) is 7.19. The van der Waals surface area contributed by atoms with Gasteiger partial charge in [0.2, 0.25) is 0 Å². The van der Waals surface area contributed by atoms with E-state index in [-0.39, 0.29) is 23.4 Å². The summed E-state index contributed by atoms with van der Waals surface area (Å²) in [6.45, 7) is 1.93. The second-order valence-corrected chi connectivity index (χ2v) is 11.9. The third-order valence-corrected chi connectivity index (χ3v) is 7.67. The molecular formula is C27H40N8O10P+. The number of nitrogens with zero attached hydrogens (tertiary/aromatic N) is 6. The smallest absolute Gasteiger partial charge is 0.469 e. The summed E-state index contributed by atoms with van der Waals surface area (Å²) < 4.78 is 35.1. The maximum absolute atomic E-state index is 12.0. The Hall–Kier alpha value is -3.70. The molecule has 1 aromatic carbocycles. The second-order valence-electron chi connectivity index (χ2n) is 10.6. The van der Waals surface area contributed by atoms with E-state index < -0.39 is 49.7 Å². The van der Waals surface area contributed by atoms with Gasteiger partial charge >= 0.3 is 7.82 Å². The number of primary amides is 1. The molecule has 2 aromatic rings. The molecule has 1 aliphatic heterocycles. The minimum absolute atomic E-state index is 0.112. The van der Waals surface area contributed by atoms with Crippen LogP contribution in [0.15, 0.2) is 47.8 Å². The predicted molar refractivity (Wildman–Crippen MR) is 162 cm³/mol. The lowest BCUT2D eigenvalue weighted by atomic mass is 10.1. The van der Waals surface area contributed by atoms with Crippen LogP contribution < -0.4 is 20.8 Å². The number of aromatic nitrogens is 1. The zero-order valence-corrected chi connectivity index (χ0v) is 26.3. The number of ether oxygens (including phenoxy) is 3. The Morgan fingerprint density at radius 2 is 2.02 bits per heavy atom. The van der Waals surface area contributed by atoms with Crippen molar-refractivity contribution in [3.63, 3.8) is 0 Å². The Morgan fingerprint density at radius 1 is 1.26 bits per heavy atom. The highest BCUT2D eigenvalue weighted by Gasteiger charge is 2.51. The van der Waals surface area contributed by atoms with Gasteiger partial charge in [-0.25, -0.2) is 4.57 Å². The number of pyridine rings is 1. The largest absolute Gasteiger partial charge is 0.493 e. The molecule has 3 rings (SSSR count). The predicted octanol–water partition coefficient (Wildman–Crippen LogP) is 2.08. The summed E-state index contributed by atoms with van der Waals surface area (Å²) >= 11 is 0. The van der Waals surface area contributed by atoms with Gasteiger partial charge in [0.15, 0.2) is 18.5 Å². The monoisotopic (exact) mass is 667 g/mol. The molecule has 1 fully saturated rings. The number of nitro groups is 1. The Bertz CT molecular complexity index is 1420. The third kappa shape index (κ3) is 11.3. The van der Waals surface area contributed by atoms with Crippen molar-refractivity contribution >= 4 is 19.4 Å². The van der Waals surface area contributed by atoms with Crippen molar-refractivity contribution in [3.05, 3.63) is 74.4 Å². The summed E-state index contributed by atoms with van der Waals surface area (Å²) in [4.78, 5) is 46.6. The van der Waals surface area contributed by atoms with Gasteiger partial charge in [0.1, 0.15) is 17.4 Å². The van der Waals surface area contributed by atoms with Crippen LogP contribution in [0.1, 0.15) is 47.8 Å². The average Bonchev–Trinajstić information content (AvgIpc) is 3.36. The van der Waals surface area contributed by atoms with Crippen LogP contribution in [0.2, 0.25) is 0 Å². The number of unbranched alkanes of at least 4 members (excludes halogenated alkanes) is 2. The molecule has 0 spiro atoms. The second kappa shape index (κ2) is 17.9. The fourth-order valence-corrected chi connectivity index (χ4v) is 5.22. The molecule has 6 N–H and O–H groups in total. The van der Waals surface area contributed by atoms with Crippen LogP contribution in [0, 0.1) is 10.1 Å². The molecule has 18 nitrogen and oxygen atoms in total. The minimum Gasteiger partial charge on any atom is -0.493 e. The van der Waals surface area contributed by atoms with Crippen LogP contribution in [-0.4, -0.2) is 83.7 Å². The van der Waals surface area contributed by atoms with E-state index in [9.17, 15) is 34.8 Å². The van der Waals surface area contributed by atoms with Crippen molar-refractivity contribution in [2.24, 2.45) is 16.6 Å². The van der Waals surface area contributed by atoms with E-state index in [4.69, 9.17) is 25.7 Å². The van der Waals surface area contributed by atoms with E-state index in [1.807, 2.05) is 7.05 Å². The van der Waals surface area contributed by atoms with Gasteiger partial charge in [-0.2, -0.15) is 4.57 Å². The number of phosphoric ester groups is 1. The van der Waals surface area contributed by atoms with E-state index in [2.05, 4.69) is 19.4 Å². The fourth-order valence-electron chi connectivity index (χ4n) is 4.88. The van der Waals surface area contributed by atoms with E-state index >= 15 is 0 Å². The molecule has 0 saturated carbocycles. The van der Waals surface area contributed by atoms with Crippen LogP contribution in [0.25, 0.3) is 10.4 Å². The summed E-state index contributed by atoms with van der Waals surface area (Å²) in [7, 11) is -2.87. The number of benzene rings is 1. The van der Waals surface area contributed by atoms with Gasteiger partial charge in [-0.05, 0) is 76.1 Å². The number of amides is 1. The zero-order chi connectivity index (χ0) is 33.7. The first-order chi connectivity index (χ1) is 21.9. The number of rotatable bonds is 20. The highest BCUT2D eigenvalue weighted by atomic mass is 31.2. The Balaban J connectivity index is 1.73. The molecule has 1 amide bonds. The SMILES string of the molecule is CN(CCCN)CCCCCOc1ccc(CO[C@@H]2[C@H](N=[N+]=[N-])[C@@H](COP(=O)(O)O)O[C@H]2[n+]2cccc(C(N)=O)c2)c([N+](=O)[O-])c1. The van der Waals surface area contributed by atoms with Gasteiger partial charge in [-0.15, -0.1) is 0 Å². The molecule has 0 aliphatic carbocycles. The van der Waals surface area contributed by atoms with E-state index in [1.165, 1.54) is 41.2 Å². The summed E-state index contributed by atoms with van der Waals surface area (Å²) in [5.41, 5.74) is 20.2. The number of azide groups is 1. The summed E-state index contributed by atoms with van der Waals surface area (Å²) in [6, 6.07) is 6.15.